The van der Waals surface area contributed by atoms with Gasteiger partial charge < -0.3 is 19.1 Å². The maximum absolute atomic E-state index is 15.6. The zero-order valence-corrected chi connectivity index (χ0v) is 22.5. The molecular weight excluding hydrogens is 525 g/mol. The first-order valence-electron chi connectivity index (χ1n) is 13.4. The van der Waals surface area contributed by atoms with E-state index < -0.39 is 17.2 Å². The van der Waals surface area contributed by atoms with E-state index in [0.717, 1.165) is 11.3 Å². The van der Waals surface area contributed by atoms with E-state index >= 15 is 4.39 Å². The summed E-state index contributed by atoms with van der Waals surface area (Å²) in [5, 5.41) is 4.14. The summed E-state index contributed by atoms with van der Waals surface area (Å²) in [6.45, 7) is 4.82. The van der Waals surface area contributed by atoms with Crippen LogP contribution in [0.5, 0.6) is 0 Å². The van der Waals surface area contributed by atoms with Gasteiger partial charge in [-0.15, -0.1) is 0 Å². The molecule has 0 amide bonds. The summed E-state index contributed by atoms with van der Waals surface area (Å²) in [5.41, 5.74) is 2.20. The highest BCUT2D eigenvalue weighted by Gasteiger charge is 2.25. The fraction of sp³-hybridized carbons (Fsp3) is 0.233. The molecule has 1 saturated heterocycles. The molecule has 0 aliphatic carbocycles. The summed E-state index contributed by atoms with van der Waals surface area (Å²) >= 11 is 0. The Morgan fingerprint density at radius 1 is 0.976 bits per heavy atom. The van der Waals surface area contributed by atoms with E-state index in [-0.39, 0.29) is 29.0 Å². The lowest BCUT2D eigenvalue weighted by Gasteiger charge is -2.36. The highest BCUT2D eigenvalue weighted by molar-refractivity contribution is 5.94. The van der Waals surface area contributed by atoms with Crippen LogP contribution in [0.4, 0.5) is 15.9 Å². The predicted octanol–water partition coefficient (Wildman–Crippen LogP) is 3.67. The van der Waals surface area contributed by atoms with Gasteiger partial charge in [-0.3, -0.25) is 4.79 Å². The van der Waals surface area contributed by atoms with Crippen molar-refractivity contribution in [2.24, 2.45) is 0 Å². The fourth-order valence-corrected chi connectivity index (χ4v) is 5.07. The van der Waals surface area contributed by atoms with E-state index in [1.165, 1.54) is 18.6 Å². The number of ether oxygens (including phenoxy) is 1. The number of pyridine rings is 2. The SMILES string of the molecule is CCOC(=O)c1cn(-c2ccc(Cn3cncn3)cc2)c2nc(N3CCN(c4ccccc4)CC3)c(F)cc2c1=O. The zero-order valence-electron chi connectivity index (χ0n) is 22.5. The lowest BCUT2D eigenvalue weighted by Crippen LogP contribution is -2.47. The molecule has 0 radical (unpaired) electrons. The molecule has 0 N–H and O–H groups in total. The van der Waals surface area contributed by atoms with Gasteiger partial charge in [0.15, 0.2) is 17.3 Å². The minimum absolute atomic E-state index is 0.00594. The Hall–Kier alpha value is -5.06. The molecular formula is C30H28FN7O3. The van der Waals surface area contributed by atoms with E-state index in [2.05, 4.69) is 32.1 Å². The normalized spacial score (nSPS) is 13.5. The molecule has 0 spiro atoms. The third kappa shape index (κ3) is 5.25. The molecule has 3 aromatic heterocycles. The number of carbonyl (C=O) groups excluding carboxylic acids is 1. The smallest absolute Gasteiger partial charge is 0.343 e. The van der Waals surface area contributed by atoms with E-state index in [1.54, 1.807) is 22.5 Å². The van der Waals surface area contributed by atoms with Crippen LogP contribution in [-0.4, -0.2) is 63.1 Å². The van der Waals surface area contributed by atoms with Crippen LogP contribution in [0.2, 0.25) is 0 Å². The van der Waals surface area contributed by atoms with Crippen molar-refractivity contribution in [3.8, 4) is 5.69 Å². The van der Waals surface area contributed by atoms with Gasteiger partial charge in [0.25, 0.3) is 0 Å². The van der Waals surface area contributed by atoms with Crippen molar-refractivity contribution in [2.45, 2.75) is 13.5 Å². The predicted molar refractivity (Wildman–Crippen MR) is 153 cm³/mol. The van der Waals surface area contributed by atoms with Crippen molar-refractivity contribution < 1.29 is 13.9 Å². The van der Waals surface area contributed by atoms with Gasteiger partial charge in [0.05, 0.1) is 18.5 Å². The molecule has 0 atom stereocenters. The number of piperazine rings is 1. The van der Waals surface area contributed by atoms with Gasteiger partial charge in [-0.25, -0.2) is 23.8 Å². The summed E-state index contributed by atoms with van der Waals surface area (Å²) in [6, 6.07) is 18.8. The van der Waals surface area contributed by atoms with Crippen LogP contribution in [0.1, 0.15) is 22.8 Å². The Morgan fingerprint density at radius 2 is 1.71 bits per heavy atom. The van der Waals surface area contributed by atoms with Gasteiger partial charge in [0.1, 0.15) is 18.2 Å². The van der Waals surface area contributed by atoms with Crippen LogP contribution in [0.3, 0.4) is 0 Å². The number of carbonyl (C=O) groups is 1. The van der Waals surface area contributed by atoms with Crippen molar-refractivity contribution in [3.05, 3.63) is 107 Å². The summed E-state index contributed by atoms with van der Waals surface area (Å²) < 4.78 is 24.0. The Morgan fingerprint density at radius 3 is 2.39 bits per heavy atom. The van der Waals surface area contributed by atoms with Crippen molar-refractivity contribution in [3.63, 3.8) is 0 Å². The number of rotatable bonds is 7. The molecule has 1 fully saturated rings. The topological polar surface area (TPSA) is 98.4 Å². The monoisotopic (exact) mass is 553 g/mol. The molecule has 1 aliphatic rings. The first-order valence-corrected chi connectivity index (χ1v) is 13.4. The van der Waals surface area contributed by atoms with Crippen LogP contribution >= 0.6 is 0 Å². The van der Waals surface area contributed by atoms with Crippen LogP contribution in [0.15, 0.2) is 84.3 Å². The quantitative estimate of drug-likeness (QED) is 0.282. The number of fused-ring (bicyclic) bond motifs is 1. The largest absolute Gasteiger partial charge is 0.462 e. The lowest BCUT2D eigenvalue weighted by atomic mass is 10.1. The Labute approximate surface area is 235 Å². The molecule has 41 heavy (non-hydrogen) atoms. The highest BCUT2D eigenvalue weighted by Crippen LogP contribution is 2.26. The number of anilines is 2. The molecule has 2 aromatic carbocycles. The number of hydrogen-bond donors (Lipinski definition) is 0. The van der Waals surface area contributed by atoms with Gasteiger partial charge in [-0.2, -0.15) is 5.10 Å². The second-order valence-corrected chi connectivity index (χ2v) is 9.70. The maximum Gasteiger partial charge on any atom is 0.343 e. The Bertz CT molecular complexity index is 1730. The van der Waals surface area contributed by atoms with Crippen molar-refractivity contribution >= 4 is 28.5 Å². The fourth-order valence-electron chi connectivity index (χ4n) is 5.07. The average Bonchev–Trinajstić information content (AvgIpc) is 3.52. The molecule has 11 heteroatoms. The first kappa shape index (κ1) is 26.2. The van der Waals surface area contributed by atoms with Gasteiger partial charge in [-0.1, -0.05) is 30.3 Å². The van der Waals surface area contributed by atoms with Gasteiger partial charge in [0.2, 0.25) is 5.43 Å². The molecule has 208 valence electrons. The summed E-state index contributed by atoms with van der Waals surface area (Å²) in [7, 11) is 0. The minimum Gasteiger partial charge on any atom is -0.462 e. The highest BCUT2D eigenvalue weighted by atomic mass is 19.1. The van der Waals surface area contributed by atoms with Gasteiger partial charge in [0, 0.05) is 43.8 Å². The molecule has 0 bridgehead atoms. The molecule has 10 nitrogen and oxygen atoms in total. The number of halogens is 1. The van der Waals surface area contributed by atoms with Crippen molar-refractivity contribution in [2.75, 3.05) is 42.6 Å². The molecule has 1 aliphatic heterocycles. The third-order valence-corrected chi connectivity index (χ3v) is 7.13. The first-order chi connectivity index (χ1) is 20.0. The lowest BCUT2D eigenvalue weighted by molar-refractivity contribution is 0.0524. The number of hydrogen-bond acceptors (Lipinski definition) is 8. The maximum atomic E-state index is 15.6. The number of esters is 1. The molecule has 5 aromatic rings. The average molecular weight is 554 g/mol. The molecule has 0 saturated carbocycles. The standard InChI is InChI=1S/C30H28FN7O3/c1-2-41-30(40)25-18-38(23-10-8-21(9-11-23)17-37-20-32-19-33-37)28-24(27(25)39)16-26(31)29(34-28)36-14-12-35(13-15-36)22-6-4-3-5-7-22/h3-11,16,18-20H,2,12-15,17H2,1H3. The molecule has 6 rings (SSSR count). The van der Waals surface area contributed by atoms with E-state index in [4.69, 9.17) is 4.74 Å². The second kappa shape index (κ2) is 11.2. The number of aromatic nitrogens is 5. The minimum atomic E-state index is -0.766. The van der Waals surface area contributed by atoms with E-state index in [9.17, 15) is 9.59 Å². The second-order valence-electron chi connectivity index (χ2n) is 9.70. The Balaban J connectivity index is 1.39. The number of nitrogens with zero attached hydrogens (tertiary/aromatic N) is 7. The van der Waals surface area contributed by atoms with Gasteiger partial charge >= 0.3 is 5.97 Å². The van der Waals surface area contributed by atoms with Gasteiger partial charge in [-0.05, 0) is 42.8 Å². The van der Waals surface area contributed by atoms with Crippen LogP contribution in [0.25, 0.3) is 16.7 Å². The summed E-state index contributed by atoms with van der Waals surface area (Å²) in [4.78, 5) is 38.8. The van der Waals surface area contributed by atoms with Crippen molar-refractivity contribution in [1.29, 1.82) is 0 Å². The van der Waals surface area contributed by atoms with E-state index in [0.29, 0.717) is 38.4 Å². The van der Waals surface area contributed by atoms with Crippen LogP contribution in [-0.2, 0) is 11.3 Å². The van der Waals surface area contributed by atoms with Crippen LogP contribution in [0, 0.1) is 5.82 Å². The summed E-state index contributed by atoms with van der Waals surface area (Å²) in [6.07, 6.45) is 4.53. The van der Waals surface area contributed by atoms with Crippen LogP contribution < -0.4 is 15.2 Å². The van der Waals surface area contributed by atoms with Crippen molar-refractivity contribution in [1.82, 2.24) is 24.3 Å². The Kier molecular flexibility index (Phi) is 7.15. The summed E-state index contributed by atoms with van der Waals surface area (Å²) in [5.74, 6) is -1.21. The van der Waals surface area contributed by atoms with E-state index in [1.807, 2.05) is 47.4 Å². The molecule has 0 unspecified atom stereocenters. The molecule has 4 heterocycles. The number of para-hydroxylation sites is 1. The number of benzene rings is 2. The third-order valence-electron chi connectivity index (χ3n) is 7.13. The zero-order chi connectivity index (χ0) is 28.3.